The van der Waals surface area contributed by atoms with E-state index in [9.17, 15) is 14.9 Å². The molecule has 1 unspecified atom stereocenters. The first kappa shape index (κ1) is 19.5. The van der Waals surface area contributed by atoms with E-state index in [4.69, 9.17) is 4.74 Å². The molecule has 1 aromatic heterocycles. The lowest BCUT2D eigenvalue weighted by Gasteiger charge is -2.17. The van der Waals surface area contributed by atoms with E-state index in [-0.39, 0.29) is 11.7 Å². The van der Waals surface area contributed by atoms with Crippen molar-refractivity contribution in [1.82, 2.24) is 10.3 Å². The Balaban J connectivity index is 2.10. The number of benzene rings is 1. The fourth-order valence-corrected chi connectivity index (χ4v) is 3.33. The normalized spacial score (nSPS) is 11.3. The minimum Gasteiger partial charge on any atom is -0.467 e. The maximum atomic E-state index is 12.3. The molecule has 134 valence electrons. The molecule has 6 nitrogen and oxygen atoms in total. The summed E-state index contributed by atoms with van der Waals surface area (Å²) in [4.78, 5) is 28.7. The SMILES string of the molecule is COC(=O)C(NC(=O)CSc1nc(C)cc(C)c1C#N)c1ccccc1. The van der Waals surface area contributed by atoms with Gasteiger partial charge in [-0.1, -0.05) is 42.1 Å². The largest absolute Gasteiger partial charge is 0.467 e. The zero-order valence-electron chi connectivity index (χ0n) is 14.8. The smallest absolute Gasteiger partial charge is 0.333 e. The number of nitrogens with zero attached hydrogens (tertiary/aromatic N) is 2. The molecule has 0 aliphatic rings. The summed E-state index contributed by atoms with van der Waals surface area (Å²) >= 11 is 1.17. The van der Waals surface area contributed by atoms with E-state index in [1.54, 1.807) is 24.3 Å². The van der Waals surface area contributed by atoms with Crippen LogP contribution in [0.5, 0.6) is 0 Å². The molecule has 0 aliphatic carbocycles. The Kier molecular flexibility index (Phi) is 6.75. The van der Waals surface area contributed by atoms with Crippen LogP contribution in [-0.4, -0.2) is 29.7 Å². The predicted octanol–water partition coefficient (Wildman–Crippen LogP) is 2.69. The number of hydrogen-bond donors (Lipinski definition) is 1. The van der Waals surface area contributed by atoms with Crippen LogP contribution in [0.15, 0.2) is 41.4 Å². The number of aromatic nitrogens is 1. The Morgan fingerprint density at radius 1 is 1.31 bits per heavy atom. The topological polar surface area (TPSA) is 92.1 Å². The Morgan fingerprint density at radius 2 is 2.00 bits per heavy atom. The van der Waals surface area contributed by atoms with Crippen molar-refractivity contribution in [2.75, 3.05) is 12.9 Å². The van der Waals surface area contributed by atoms with Gasteiger partial charge in [-0.15, -0.1) is 0 Å². The van der Waals surface area contributed by atoms with Gasteiger partial charge in [-0.2, -0.15) is 5.26 Å². The van der Waals surface area contributed by atoms with Crippen LogP contribution in [-0.2, 0) is 14.3 Å². The average molecular weight is 369 g/mol. The first-order valence-corrected chi connectivity index (χ1v) is 8.88. The highest BCUT2D eigenvalue weighted by atomic mass is 32.2. The molecule has 1 heterocycles. The molecule has 0 saturated carbocycles. The van der Waals surface area contributed by atoms with Crippen LogP contribution in [0.2, 0.25) is 0 Å². The summed E-state index contributed by atoms with van der Waals surface area (Å²) in [5, 5.41) is 12.5. The van der Waals surface area contributed by atoms with Gasteiger partial charge in [-0.25, -0.2) is 9.78 Å². The number of aryl methyl sites for hydroxylation is 2. The molecule has 1 amide bonds. The van der Waals surface area contributed by atoms with Crippen molar-refractivity contribution < 1.29 is 14.3 Å². The summed E-state index contributed by atoms with van der Waals surface area (Å²) < 4.78 is 4.78. The third-order valence-corrected chi connectivity index (χ3v) is 4.61. The van der Waals surface area contributed by atoms with Crippen LogP contribution in [0.1, 0.15) is 28.4 Å². The first-order valence-electron chi connectivity index (χ1n) is 7.89. The number of amides is 1. The van der Waals surface area contributed by atoms with Crippen molar-refractivity contribution in [2.45, 2.75) is 24.9 Å². The molecule has 0 radical (unpaired) electrons. The Bertz CT molecular complexity index is 847. The lowest BCUT2D eigenvalue weighted by molar-refractivity contribution is -0.145. The average Bonchev–Trinajstić information content (AvgIpc) is 2.64. The molecule has 2 rings (SSSR count). The summed E-state index contributed by atoms with van der Waals surface area (Å²) in [5.41, 5.74) is 2.70. The summed E-state index contributed by atoms with van der Waals surface area (Å²) in [6, 6.07) is 11.9. The predicted molar refractivity (Wildman–Crippen MR) is 98.5 cm³/mol. The number of hydrogen-bond acceptors (Lipinski definition) is 6. The molecule has 0 fully saturated rings. The van der Waals surface area contributed by atoms with Crippen LogP contribution in [0.4, 0.5) is 0 Å². The number of thioether (sulfide) groups is 1. The van der Waals surface area contributed by atoms with E-state index in [1.807, 2.05) is 26.0 Å². The van der Waals surface area contributed by atoms with Crippen molar-refractivity contribution >= 4 is 23.6 Å². The lowest BCUT2D eigenvalue weighted by Crippen LogP contribution is -2.35. The van der Waals surface area contributed by atoms with E-state index in [2.05, 4.69) is 16.4 Å². The molecule has 1 atom stereocenters. The van der Waals surface area contributed by atoms with Crippen LogP contribution in [0.3, 0.4) is 0 Å². The molecule has 0 spiro atoms. The third-order valence-electron chi connectivity index (χ3n) is 3.64. The van der Waals surface area contributed by atoms with Crippen LogP contribution in [0, 0.1) is 25.2 Å². The number of methoxy groups -OCH3 is 1. The van der Waals surface area contributed by atoms with E-state index < -0.39 is 12.0 Å². The maximum Gasteiger partial charge on any atom is 0.333 e. The van der Waals surface area contributed by atoms with E-state index >= 15 is 0 Å². The fourth-order valence-electron chi connectivity index (χ4n) is 2.42. The highest BCUT2D eigenvalue weighted by molar-refractivity contribution is 8.00. The second-order valence-electron chi connectivity index (χ2n) is 5.60. The number of nitrogens with one attached hydrogen (secondary N) is 1. The maximum absolute atomic E-state index is 12.3. The second-order valence-corrected chi connectivity index (χ2v) is 6.56. The quantitative estimate of drug-likeness (QED) is 0.622. The summed E-state index contributed by atoms with van der Waals surface area (Å²) in [5.74, 6) is -0.860. The van der Waals surface area contributed by atoms with Gasteiger partial charge in [0, 0.05) is 5.69 Å². The molecule has 0 saturated heterocycles. The minimum absolute atomic E-state index is 0.0326. The van der Waals surface area contributed by atoms with Gasteiger partial charge < -0.3 is 10.1 Å². The number of esters is 1. The Morgan fingerprint density at radius 3 is 2.62 bits per heavy atom. The van der Waals surface area contributed by atoms with Crippen molar-refractivity contribution in [1.29, 1.82) is 5.26 Å². The van der Waals surface area contributed by atoms with Gasteiger partial charge in [0.15, 0.2) is 6.04 Å². The summed E-state index contributed by atoms with van der Waals surface area (Å²) in [7, 11) is 1.28. The molecule has 0 aliphatic heterocycles. The number of ether oxygens (including phenoxy) is 1. The van der Waals surface area contributed by atoms with Gasteiger partial charge in [0.05, 0.1) is 18.4 Å². The molecular weight excluding hydrogens is 350 g/mol. The molecule has 26 heavy (non-hydrogen) atoms. The Labute approximate surface area is 156 Å². The van der Waals surface area contributed by atoms with Gasteiger partial charge in [0.2, 0.25) is 5.91 Å². The van der Waals surface area contributed by atoms with Gasteiger partial charge in [-0.05, 0) is 31.0 Å². The number of carbonyl (C=O) groups is 2. The van der Waals surface area contributed by atoms with Crippen LogP contribution in [0.25, 0.3) is 0 Å². The molecular formula is C19H19N3O3S. The van der Waals surface area contributed by atoms with E-state index in [0.29, 0.717) is 16.2 Å². The molecule has 7 heteroatoms. The molecule has 1 aromatic carbocycles. The van der Waals surface area contributed by atoms with Gasteiger partial charge in [0.25, 0.3) is 0 Å². The second kappa shape index (κ2) is 9.02. The zero-order chi connectivity index (χ0) is 19.1. The van der Waals surface area contributed by atoms with Crippen LogP contribution < -0.4 is 5.32 Å². The van der Waals surface area contributed by atoms with Gasteiger partial charge in [0.1, 0.15) is 11.1 Å². The van der Waals surface area contributed by atoms with Crippen LogP contribution >= 0.6 is 11.8 Å². The standard InChI is InChI=1S/C19H19N3O3S/c1-12-9-13(2)21-18(15(12)10-20)26-11-16(23)22-17(19(24)25-3)14-7-5-4-6-8-14/h4-9,17H,11H2,1-3H3,(H,22,23). The number of pyridine rings is 1. The van der Waals surface area contributed by atoms with E-state index in [1.165, 1.54) is 18.9 Å². The highest BCUT2D eigenvalue weighted by Crippen LogP contribution is 2.24. The Hall–Kier alpha value is -2.85. The van der Waals surface area contributed by atoms with Gasteiger partial charge >= 0.3 is 5.97 Å². The summed E-state index contributed by atoms with van der Waals surface area (Å²) in [6.07, 6.45) is 0. The highest BCUT2D eigenvalue weighted by Gasteiger charge is 2.23. The fraction of sp³-hybridized carbons (Fsp3) is 0.263. The van der Waals surface area contributed by atoms with Crippen molar-refractivity contribution in [3.63, 3.8) is 0 Å². The zero-order valence-corrected chi connectivity index (χ0v) is 15.6. The number of carbonyl (C=O) groups excluding carboxylic acids is 2. The first-order chi connectivity index (χ1) is 12.5. The van der Waals surface area contributed by atoms with Crippen molar-refractivity contribution in [3.05, 3.63) is 58.8 Å². The van der Waals surface area contributed by atoms with E-state index in [0.717, 1.165) is 11.3 Å². The number of rotatable bonds is 6. The number of nitriles is 1. The summed E-state index contributed by atoms with van der Waals surface area (Å²) in [6.45, 7) is 3.67. The lowest BCUT2D eigenvalue weighted by atomic mass is 10.1. The minimum atomic E-state index is -0.878. The van der Waals surface area contributed by atoms with Crippen molar-refractivity contribution in [3.8, 4) is 6.07 Å². The molecule has 1 N–H and O–H groups in total. The van der Waals surface area contributed by atoms with Gasteiger partial charge in [-0.3, -0.25) is 4.79 Å². The monoisotopic (exact) mass is 369 g/mol. The molecule has 0 bridgehead atoms. The van der Waals surface area contributed by atoms with Crippen molar-refractivity contribution in [2.24, 2.45) is 0 Å². The molecule has 2 aromatic rings. The third kappa shape index (κ3) is 4.83.